The highest BCUT2D eigenvalue weighted by molar-refractivity contribution is 4.84. The Balaban J connectivity index is 2.58. The highest BCUT2D eigenvalue weighted by Crippen LogP contribution is 2.41. The van der Waals surface area contributed by atoms with Gasteiger partial charge in [0.05, 0.1) is 5.92 Å². The molecule has 0 aromatic carbocycles. The van der Waals surface area contributed by atoms with E-state index in [1.54, 1.807) is 0 Å². The van der Waals surface area contributed by atoms with Crippen LogP contribution in [0.5, 0.6) is 0 Å². The fraction of sp³-hybridized carbons (Fsp3) is 1.00. The summed E-state index contributed by atoms with van der Waals surface area (Å²) in [5.41, 5.74) is 0. The molecule has 4 heteroatoms. The van der Waals surface area contributed by atoms with Gasteiger partial charge in [-0.25, -0.2) is 0 Å². The van der Waals surface area contributed by atoms with Gasteiger partial charge in [0.15, 0.2) is 0 Å². The molecule has 0 spiro atoms. The van der Waals surface area contributed by atoms with Gasteiger partial charge in [-0.1, -0.05) is 20.3 Å². The summed E-state index contributed by atoms with van der Waals surface area (Å²) < 4.78 is 38.2. The summed E-state index contributed by atoms with van der Waals surface area (Å²) in [4.78, 5) is 0. The Kier molecular flexibility index (Phi) is 5.29. The van der Waals surface area contributed by atoms with Crippen molar-refractivity contribution in [3.05, 3.63) is 0 Å². The lowest BCUT2D eigenvalue weighted by Gasteiger charge is -2.36. The van der Waals surface area contributed by atoms with Crippen molar-refractivity contribution in [1.29, 1.82) is 0 Å². The molecule has 0 saturated heterocycles. The SMILES string of the molecule is CNC(CC(C)C)C1CCCC(C(F)(F)F)C1. The van der Waals surface area contributed by atoms with Gasteiger partial charge in [0.1, 0.15) is 0 Å². The van der Waals surface area contributed by atoms with Crippen LogP contribution >= 0.6 is 0 Å². The largest absolute Gasteiger partial charge is 0.391 e. The first kappa shape index (κ1) is 14.8. The lowest BCUT2D eigenvalue weighted by Crippen LogP contribution is -2.40. The Bertz CT molecular complexity index is 225. The minimum absolute atomic E-state index is 0.183. The number of hydrogen-bond acceptors (Lipinski definition) is 1. The second-order valence-corrected chi connectivity index (χ2v) is 5.69. The van der Waals surface area contributed by atoms with Crippen molar-refractivity contribution in [3.63, 3.8) is 0 Å². The summed E-state index contributed by atoms with van der Waals surface area (Å²) in [6.07, 6.45) is -0.768. The maximum atomic E-state index is 12.7. The number of rotatable bonds is 4. The van der Waals surface area contributed by atoms with Crippen LogP contribution in [0.2, 0.25) is 0 Å². The van der Waals surface area contributed by atoms with E-state index in [0.717, 1.165) is 12.8 Å². The van der Waals surface area contributed by atoms with Crippen LogP contribution in [0.25, 0.3) is 0 Å². The Morgan fingerprint density at radius 2 is 1.88 bits per heavy atom. The molecular weight excluding hydrogens is 227 g/mol. The number of halogens is 3. The molecule has 0 aromatic rings. The zero-order chi connectivity index (χ0) is 13.1. The van der Waals surface area contributed by atoms with Gasteiger partial charge < -0.3 is 5.32 Å². The molecule has 0 aromatic heterocycles. The van der Waals surface area contributed by atoms with Crippen LogP contribution in [-0.2, 0) is 0 Å². The molecule has 0 radical (unpaired) electrons. The van der Waals surface area contributed by atoms with Crippen molar-refractivity contribution < 1.29 is 13.2 Å². The number of hydrogen-bond donors (Lipinski definition) is 1. The third kappa shape index (κ3) is 4.49. The highest BCUT2D eigenvalue weighted by Gasteiger charge is 2.43. The van der Waals surface area contributed by atoms with Gasteiger partial charge in [-0.2, -0.15) is 13.2 Å². The summed E-state index contributed by atoms with van der Waals surface area (Å²) in [6.45, 7) is 4.24. The highest BCUT2D eigenvalue weighted by atomic mass is 19.4. The van der Waals surface area contributed by atoms with Gasteiger partial charge >= 0.3 is 6.18 Å². The molecule has 17 heavy (non-hydrogen) atoms. The predicted octanol–water partition coefficient (Wildman–Crippen LogP) is 3.99. The zero-order valence-electron chi connectivity index (χ0n) is 11.0. The van der Waals surface area contributed by atoms with E-state index in [2.05, 4.69) is 19.2 Å². The van der Waals surface area contributed by atoms with Crippen LogP contribution in [0.15, 0.2) is 0 Å². The fourth-order valence-corrected chi connectivity index (χ4v) is 2.94. The van der Waals surface area contributed by atoms with E-state index in [4.69, 9.17) is 0 Å². The maximum Gasteiger partial charge on any atom is 0.391 e. The minimum atomic E-state index is -4.01. The van der Waals surface area contributed by atoms with Crippen LogP contribution in [0.3, 0.4) is 0 Å². The van der Waals surface area contributed by atoms with E-state index in [0.29, 0.717) is 25.2 Å². The summed E-state index contributed by atoms with van der Waals surface area (Å²) >= 11 is 0. The first-order valence-corrected chi connectivity index (χ1v) is 6.58. The quantitative estimate of drug-likeness (QED) is 0.796. The standard InChI is InChI=1S/C13H24F3N/c1-9(2)7-12(17-3)10-5-4-6-11(8-10)13(14,15)16/h9-12,17H,4-8H2,1-3H3. The van der Waals surface area contributed by atoms with Gasteiger partial charge in [-0.15, -0.1) is 0 Å². The zero-order valence-corrected chi connectivity index (χ0v) is 11.0. The van der Waals surface area contributed by atoms with Gasteiger partial charge in [0.2, 0.25) is 0 Å². The van der Waals surface area contributed by atoms with Crippen molar-refractivity contribution in [1.82, 2.24) is 5.32 Å². The first-order chi connectivity index (χ1) is 7.84. The normalized spacial score (nSPS) is 28.4. The van der Waals surface area contributed by atoms with E-state index in [1.165, 1.54) is 0 Å². The molecule has 1 rings (SSSR count). The average Bonchev–Trinajstić information content (AvgIpc) is 2.24. The monoisotopic (exact) mass is 251 g/mol. The molecular formula is C13H24F3N. The molecule has 1 aliphatic carbocycles. The predicted molar refractivity (Wildman–Crippen MR) is 63.8 cm³/mol. The molecule has 0 heterocycles. The molecule has 102 valence electrons. The maximum absolute atomic E-state index is 12.7. The summed E-state index contributed by atoms with van der Waals surface area (Å²) in [6, 6.07) is 0.236. The van der Waals surface area contributed by atoms with E-state index >= 15 is 0 Å². The molecule has 1 nitrogen and oxygen atoms in total. The molecule has 0 bridgehead atoms. The van der Waals surface area contributed by atoms with Crippen molar-refractivity contribution in [3.8, 4) is 0 Å². The minimum Gasteiger partial charge on any atom is -0.317 e. The van der Waals surface area contributed by atoms with Crippen LogP contribution in [0.1, 0.15) is 46.0 Å². The molecule has 1 aliphatic rings. The Hall–Kier alpha value is -0.250. The van der Waals surface area contributed by atoms with Gasteiger partial charge in [-0.3, -0.25) is 0 Å². The Labute approximate surface area is 102 Å². The van der Waals surface area contributed by atoms with E-state index < -0.39 is 12.1 Å². The third-order valence-corrected chi connectivity index (χ3v) is 3.84. The Morgan fingerprint density at radius 3 is 2.35 bits per heavy atom. The molecule has 0 amide bonds. The van der Waals surface area contributed by atoms with Gasteiger partial charge in [0, 0.05) is 6.04 Å². The van der Waals surface area contributed by atoms with Crippen LogP contribution < -0.4 is 5.32 Å². The van der Waals surface area contributed by atoms with Crippen molar-refractivity contribution >= 4 is 0 Å². The summed E-state index contributed by atoms with van der Waals surface area (Å²) in [7, 11) is 1.87. The van der Waals surface area contributed by atoms with E-state index in [-0.39, 0.29) is 12.0 Å². The average molecular weight is 251 g/mol. The molecule has 1 N–H and O–H groups in total. The summed E-state index contributed by atoms with van der Waals surface area (Å²) in [5.74, 6) is -0.370. The molecule has 3 atom stereocenters. The van der Waals surface area contributed by atoms with Crippen molar-refractivity contribution in [2.24, 2.45) is 17.8 Å². The van der Waals surface area contributed by atoms with Crippen LogP contribution in [0, 0.1) is 17.8 Å². The summed E-state index contributed by atoms with van der Waals surface area (Å²) in [5, 5.41) is 3.21. The topological polar surface area (TPSA) is 12.0 Å². The van der Waals surface area contributed by atoms with Crippen molar-refractivity contribution in [2.75, 3.05) is 7.05 Å². The third-order valence-electron chi connectivity index (χ3n) is 3.84. The first-order valence-electron chi connectivity index (χ1n) is 6.58. The molecule has 3 unspecified atom stereocenters. The second kappa shape index (κ2) is 6.07. The lowest BCUT2D eigenvalue weighted by atomic mass is 9.75. The van der Waals surface area contributed by atoms with Crippen LogP contribution in [0.4, 0.5) is 13.2 Å². The molecule has 1 saturated carbocycles. The number of nitrogens with one attached hydrogen (secondary N) is 1. The Morgan fingerprint density at radius 1 is 1.24 bits per heavy atom. The fourth-order valence-electron chi connectivity index (χ4n) is 2.94. The molecule has 0 aliphatic heterocycles. The lowest BCUT2D eigenvalue weighted by molar-refractivity contribution is -0.186. The van der Waals surface area contributed by atoms with Crippen LogP contribution in [-0.4, -0.2) is 19.3 Å². The van der Waals surface area contributed by atoms with Gasteiger partial charge in [-0.05, 0) is 44.6 Å². The smallest absolute Gasteiger partial charge is 0.317 e. The van der Waals surface area contributed by atoms with Gasteiger partial charge in [0.25, 0.3) is 0 Å². The van der Waals surface area contributed by atoms with Crippen molar-refractivity contribution in [2.45, 2.75) is 58.2 Å². The number of alkyl halides is 3. The second-order valence-electron chi connectivity index (χ2n) is 5.69. The van der Waals surface area contributed by atoms with E-state index in [9.17, 15) is 13.2 Å². The molecule has 1 fully saturated rings. The van der Waals surface area contributed by atoms with E-state index in [1.807, 2.05) is 7.05 Å².